The summed E-state index contributed by atoms with van der Waals surface area (Å²) in [4.78, 5) is 11.8. The first-order valence-corrected chi connectivity index (χ1v) is 9.04. The van der Waals surface area contributed by atoms with Crippen molar-refractivity contribution in [1.29, 1.82) is 0 Å². The Morgan fingerprint density at radius 3 is 2.60 bits per heavy atom. The third-order valence-corrected chi connectivity index (χ3v) is 4.64. The number of ketones is 1. The number of rotatable bonds is 1. The smallest absolute Gasteiger partial charge is 0.166 e. The molecule has 0 unspecified atom stereocenters. The summed E-state index contributed by atoms with van der Waals surface area (Å²) in [5.41, 5.74) is 0.852. The molecule has 0 amide bonds. The van der Waals surface area contributed by atoms with Gasteiger partial charge in [0.15, 0.2) is 5.78 Å². The minimum atomic E-state index is -1.42. The zero-order chi connectivity index (χ0) is 11.2. The van der Waals surface area contributed by atoms with Crippen LogP contribution < -0.4 is 5.38 Å². The van der Waals surface area contributed by atoms with Crippen molar-refractivity contribution < 1.29 is 9.21 Å². The summed E-state index contributed by atoms with van der Waals surface area (Å²) < 4.78 is 5.85. The second-order valence-electron chi connectivity index (χ2n) is 5.63. The first-order valence-electron chi connectivity index (χ1n) is 5.54. The number of hydrogen-bond acceptors (Lipinski definition) is 2. The van der Waals surface area contributed by atoms with E-state index in [0.717, 1.165) is 23.1 Å². The molecule has 0 aromatic carbocycles. The van der Waals surface area contributed by atoms with Crippen molar-refractivity contribution >= 4 is 19.2 Å². The SMILES string of the molecule is C[C@H]1CC(=O)c2cc([Si](C)(C)C)oc2C1. The van der Waals surface area contributed by atoms with Gasteiger partial charge in [0.25, 0.3) is 0 Å². The minimum Gasteiger partial charge on any atom is -0.470 e. The summed E-state index contributed by atoms with van der Waals surface area (Å²) in [7, 11) is -1.42. The molecule has 82 valence electrons. The van der Waals surface area contributed by atoms with Crippen molar-refractivity contribution in [2.24, 2.45) is 5.92 Å². The zero-order valence-corrected chi connectivity index (χ0v) is 10.9. The van der Waals surface area contributed by atoms with Crippen LogP contribution in [0.2, 0.25) is 19.6 Å². The van der Waals surface area contributed by atoms with Crippen molar-refractivity contribution in [3.63, 3.8) is 0 Å². The third kappa shape index (κ3) is 1.93. The van der Waals surface area contributed by atoms with Crippen LogP contribution in [-0.4, -0.2) is 13.9 Å². The molecule has 1 heterocycles. The zero-order valence-electron chi connectivity index (χ0n) is 9.89. The van der Waals surface area contributed by atoms with Crippen LogP contribution in [0.25, 0.3) is 0 Å². The number of furan rings is 1. The maximum absolute atomic E-state index is 11.8. The Bertz CT molecular complexity index is 398. The summed E-state index contributed by atoms with van der Waals surface area (Å²) in [6.45, 7) is 8.83. The first kappa shape index (κ1) is 10.7. The maximum Gasteiger partial charge on any atom is 0.166 e. The fraction of sp³-hybridized carbons (Fsp3) is 0.583. The number of Topliss-reactive ketones (excluding diaryl/α,β-unsaturated/α-hetero) is 1. The van der Waals surface area contributed by atoms with Gasteiger partial charge >= 0.3 is 0 Å². The van der Waals surface area contributed by atoms with Gasteiger partial charge in [-0.1, -0.05) is 26.6 Å². The standard InChI is InChI=1S/C12H18O2Si/c1-8-5-10(13)9-7-12(15(2,3)4)14-11(9)6-8/h7-8H,5-6H2,1-4H3/t8-/m0/s1. The van der Waals surface area contributed by atoms with E-state index in [-0.39, 0.29) is 5.78 Å². The molecule has 0 saturated heterocycles. The highest BCUT2D eigenvalue weighted by Gasteiger charge is 2.30. The van der Waals surface area contributed by atoms with Crippen LogP contribution in [0, 0.1) is 5.92 Å². The van der Waals surface area contributed by atoms with E-state index >= 15 is 0 Å². The largest absolute Gasteiger partial charge is 0.470 e. The van der Waals surface area contributed by atoms with E-state index in [0.29, 0.717) is 12.3 Å². The van der Waals surface area contributed by atoms with Crippen molar-refractivity contribution in [1.82, 2.24) is 0 Å². The van der Waals surface area contributed by atoms with Gasteiger partial charge in [-0.05, 0) is 12.0 Å². The lowest BCUT2D eigenvalue weighted by Gasteiger charge is -2.15. The lowest BCUT2D eigenvalue weighted by Crippen LogP contribution is -2.36. The van der Waals surface area contributed by atoms with Crippen LogP contribution in [0.15, 0.2) is 10.5 Å². The fourth-order valence-electron chi connectivity index (χ4n) is 2.00. The first-order chi connectivity index (χ1) is 6.88. The van der Waals surface area contributed by atoms with Gasteiger partial charge in [0, 0.05) is 12.8 Å². The Kier molecular flexibility index (Phi) is 2.38. The molecule has 0 bridgehead atoms. The summed E-state index contributed by atoms with van der Waals surface area (Å²) in [5.74, 6) is 1.62. The Morgan fingerprint density at radius 2 is 2.00 bits per heavy atom. The van der Waals surface area contributed by atoms with Crippen LogP contribution in [-0.2, 0) is 6.42 Å². The Hall–Kier alpha value is -0.833. The van der Waals surface area contributed by atoms with Gasteiger partial charge in [0.05, 0.1) is 10.9 Å². The molecular formula is C12H18O2Si. The van der Waals surface area contributed by atoms with Crippen LogP contribution >= 0.6 is 0 Å². The van der Waals surface area contributed by atoms with Crippen molar-refractivity contribution in [2.75, 3.05) is 0 Å². The molecule has 3 heteroatoms. The number of carbonyl (C=O) groups excluding carboxylic acids is 1. The van der Waals surface area contributed by atoms with Gasteiger partial charge in [-0.2, -0.15) is 0 Å². The monoisotopic (exact) mass is 222 g/mol. The molecule has 0 saturated carbocycles. The average Bonchev–Trinajstić information content (AvgIpc) is 2.46. The van der Waals surface area contributed by atoms with Crippen molar-refractivity contribution in [2.45, 2.75) is 39.4 Å². The van der Waals surface area contributed by atoms with E-state index in [9.17, 15) is 4.79 Å². The van der Waals surface area contributed by atoms with E-state index in [1.165, 1.54) is 0 Å². The second-order valence-corrected chi connectivity index (χ2v) is 10.6. The minimum absolute atomic E-state index is 0.261. The van der Waals surface area contributed by atoms with Gasteiger partial charge in [-0.25, -0.2) is 0 Å². The fourth-order valence-corrected chi connectivity index (χ4v) is 3.01. The summed E-state index contributed by atoms with van der Waals surface area (Å²) in [6.07, 6.45) is 1.60. The molecule has 0 fully saturated rings. The number of fused-ring (bicyclic) bond motifs is 1. The molecule has 1 aliphatic rings. The van der Waals surface area contributed by atoms with E-state index in [4.69, 9.17) is 4.42 Å². The van der Waals surface area contributed by atoms with Gasteiger partial charge in [0.1, 0.15) is 13.8 Å². The molecule has 0 spiro atoms. The summed E-state index contributed by atoms with van der Waals surface area (Å²) in [5, 5.41) is 1.06. The van der Waals surface area contributed by atoms with Crippen molar-refractivity contribution in [3.05, 3.63) is 17.4 Å². The third-order valence-electron chi connectivity index (χ3n) is 2.92. The second kappa shape index (κ2) is 3.34. The van der Waals surface area contributed by atoms with Gasteiger partial charge < -0.3 is 4.42 Å². The van der Waals surface area contributed by atoms with E-state index in [1.54, 1.807) is 0 Å². The number of hydrogen-bond donors (Lipinski definition) is 0. The van der Waals surface area contributed by atoms with Crippen molar-refractivity contribution in [3.8, 4) is 0 Å². The van der Waals surface area contributed by atoms with E-state index in [2.05, 4.69) is 26.6 Å². The number of carbonyl (C=O) groups is 1. The molecule has 1 aromatic heterocycles. The molecule has 1 aromatic rings. The molecule has 2 nitrogen and oxygen atoms in total. The lowest BCUT2D eigenvalue weighted by molar-refractivity contribution is 0.0949. The summed E-state index contributed by atoms with van der Waals surface area (Å²) in [6, 6.07) is 2.00. The van der Waals surface area contributed by atoms with E-state index in [1.807, 2.05) is 6.07 Å². The molecule has 15 heavy (non-hydrogen) atoms. The quantitative estimate of drug-likeness (QED) is 0.684. The summed E-state index contributed by atoms with van der Waals surface area (Å²) >= 11 is 0. The van der Waals surface area contributed by atoms with E-state index < -0.39 is 8.07 Å². The van der Waals surface area contributed by atoms with Crippen LogP contribution in [0.1, 0.15) is 29.5 Å². The molecule has 0 radical (unpaired) electrons. The van der Waals surface area contributed by atoms with Crippen LogP contribution in [0.4, 0.5) is 0 Å². The molecule has 1 atom stereocenters. The Balaban J connectivity index is 2.44. The molecule has 0 N–H and O–H groups in total. The molecule has 0 aliphatic heterocycles. The predicted molar refractivity (Wildman–Crippen MR) is 63.5 cm³/mol. The highest BCUT2D eigenvalue weighted by atomic mass is 28.3. The Morgan fingerprint density at radius 1 is 1.33 bits per heavy atom. The highest BCUT2D eigenvalue weighted by Crippen LogP contribution is 2.26. The Labute approximate surface area is 91.7 Å². The molecule has 2 rings (SSSR count). The normalized spacial score (nSPS) is 21.6. The van der Waals surface area contributed by atoms with Gasteiger partial charge in [-0.15, -0.1) is 0 Å². The predicted octanol–water partition coefficient (Wildman–Crippen LogP) is 2.59. The average molecular weight is 222 g/mol. The van der Waals surface area contributed by atoms with Crippen LogP contribution in [0.3, 0.4) is 0 Å². The molecule has 1 aliphatic carbocycles. The van der Waals surface area contributed by atoms with Crippen LogP contribution in [0.5, 0.6) is 0 Å². The highest BCUT2D eigenvalue weighted by molar-refractivity contribution is 6.87. The van der Waals surface area contributed by atoms with Gasteiger partial charge in [-0.3, -0.25) is 4.79 Å². The molecular weight excluding hydrogens is 204 g/mol. The van der Waals surface area contributed by atoms with Gasteiger partial charge in [0.2, 0.25) is 0 Å². The lowest BCUT2D eigenvalue weighted by atomic mass is 9.89. The maximum atomic E-state index is 11.8. The topological polar surface area (TPSA) is 30.2 Å².